The summed E-state index contributed by atoms with van der Waals surface area (Å²) in [5.41, 5.74) is 0.256. The van der Waals surface area contributed by atoms with Crippen LogP contribution in [0.3, 0.4) is 0 Å². The van der Waals surface area contributed by atoms with Crippen LogP contribution in [0.25, 0.3) is 0 Å². The normalized spacial score (nSPS) is 12.0. The first kappa shape index (κ1) is 16.8. The van der Waals surface area contributed by atoms with E-state index in [0.29, 0.717) is 9.13 Å². The summed E-state index contributed by atoms with van der Waals surface area (Å²) in [7, 11) is 0. The van der Waals surface area contributed by atoms with Gasteiger partial charge in [0.1, 0.15) is 17.5 Å². The van der Waals surface area contributed by atoms with Crippen molar-refractivity contribution in [3.8, 4) is 0 Å². The third-order valence-electron chi connectivity index (χ3n) is 3.13. The second-order valence-electron chi connectivity index (χ2n) is 4.90. The molecule has 1 amide bonds. The van der Waals surface area contributed by atoms with E-state index in [1.54, 1.807) is 6.92 Å². The van der Waals surface area contributed by atoms with Crippen molar-refractivity contribution in [2.45, 2.75) is 19.4 Å². The average Bonchev–Trinajstić information content (AvgIpc) is 2.42. The van der Waals surface area contributed by atoms with Crippen LogP contribution in [0.15, 0.2) is 36.4 Å². The Balaban J connectivity index is 2.08. The van der Waals surface area contributed by atoms with E-state index < -0.39 is 29.4 Å². The Morgan fingerprint density at radius 3 is 2.41 bits per heavy atom. The summed E-state index contributed by atoms with van der Waals surface area (Å²) in [6.07, 6.45) is 0.0298. The van der Waals surface area contributed by atoms with Crippen molar-refractivity contribution in [2.24, 2.45) is 0 Å². The van der Waals surface area contributed by atoms with Crippen LogP contribution in [0.1, 0.15) is 22.8 Å². The summed E-state index contributed by atoms with van der Waals surface area (Å²) in [5.74, 6) is -2.12. The maximum atomic E-state index is 13.6. The standard InChI is InChI=1S/C16H13F3INO/c1-9(7-12-13(18)3-2-4-14(12)19)21-16(22)11-6-5-10(17)8-15(11)20/h2-6,8-9H,7H2,1H3,(H,21,22). The zero-order chi connectivity index (χ0) is 16.3. The molecule has 0 aliphatic heterocycles. The molecule has 0 bridgehead atoms. The van der Waals surface area contributed by atoms with E-state index in [1.807, 2.05) is 22.6 Å². The lowest BCUT2D eigenvalue weighted by Gasteiger charge is -2.15. The van der Waals surface area contributed by atoms with Gasteiger partial charge in [0.15, 0.2) is 0 Å². The minimum absolute atomic E-state index is 0.0298. The highest BCUT2D eigenvalue weighted by Crippen LogP contribution is 2.16. The Kier molecular flexibility index (Phi) is 5.44. The van der Waals surface area contributed by atoms with Gasteiger partial charge in [-0.15, -0.1) is 0 Å². The van der Waals surface area contributed by atoms with Gasteiger partial charge in [-0.25, -0.2) is 13.2 Å². The Morgan fingerprint density at radius 1 is 1.18 bits per heavy atom. The summed E-state index contributed by atoms with van der Waals surface area (Å²) in [6.45, 7) is 1.65. The molecule has 0 aliphatic carbocycles. The predicted octanol–water partition coefficient (Wildman–Crippen LogP) is 4.07. The molecule has 22 heavy (non-hydrogen) atoms. The molecule has 0 fully saturated rings. The van der Waals surface area contributed by atoms with Crippen LogP contribution in [0.5, 0.6) is 0 Å². The largest absolute Gasteiger partial charge is 0.349 e. The van der Waals surface area contributed by atoms with Crippen molar-refractivity contribution in [2.75, 3.05) is 0 Å². The molecule has 2 aromatic carbocycles. The lowest BCUT2D eigenvalue weighted by atomic mass is 10.1. The van der Waals surface area contributed by atoms with Gasteiger partial charge in [0.25, 0.3) is 5.91 Å². The Hall–Kier alpha value is -1.57. The smallest absolute Gasteiger partial charge is 0.252 e. The Bertz CT molecular complexity index is 686. The molecular formula is C16H13F3INO. The first-order chi connectivity index (χ1) is 10.4. The van der Waals surface area contributed by atoms with Gasteiger partial charge in [0, 0.05) is 15.2 Å². The summed E-state index contributed by atoms with van der Waals surface area (Å²) < 4.78 is 40.7. The fourth-order valence-corrected chi connectivity index (χ4v) is 2.78. The monoisotopic (exact) mass is 419 g/mol. The van der Waals surface area contributed by atoms with Crippen LogP contribution in [-0.4, -0.2) is 11.9 Å². The number of carbonyl (C=O) groups is 1. The highest BCUT2D eigenvalue weighted by Gasteiger charge is 2.16. The molecule has 0 aliphatic rings. The lowest BCUT2D eigenvalue weighted by molar-refractivity contribution is 0.0938. The van der Waals surface area contributed by atoms with Gasteiger partial charge in [0.2, 0.25) is 0 Å². The molecule has 0 saturated heterocycles. The summed E-state index contributed by atoms with van der Waals surface area (Å²) in [5, 5.41) is 2.66. The lowest BCUT2D eigenvalue weighted by Crippen LogP contribution is -2.35. The number of amides is 1. The molecule has 6 heteroatoms. The van der Waals surface area contributed by atoms with Crippen molar-refractivity contribution < 1.29 is 18.0 Å². The molecule has 1 N–H and O–H groups in total. The van der Waals surface area contributed by atoms with E-state index in [0.717, 1.165) is 0 Å². The molecule has 0 spiro atoms. The number of hydrogen-bond acceptors (Lipinski definition) is 1. The first-order valence-electron chi connectivity index (χ1n) is 6.57. The molecule has 2 aromatic rings. The zero-order valence-electron chi connectivity index (χ0n) is 11.7. The van der Waals surface area contributed by atoms with Crippen LogP contribution in [0.4, 0.5) is 13.2 Å². The third-order valence-corrected chi connectivity index (χ3v) is 4.02. The summed E-state index contributed by atoms with van der Waals surface area (Å²) in [4.78, 5) is 12.1. The summed E-state index contributed by atoms with van der Waals surface area (Å²) >= 11 is 1.86. The first-order valence-corrected chi connectivity index (χ1v) is 7.65. The molecule has 1 atom stereocenters. The van der Waals surface area contributed by atoms with Gasteiger partial charge < -0.3 is 5.32 Å². The van der Waals surface area contributed by atoms with Gasteiger partial charge in [-0.3, -0.25) is 4.79 Å². The second kappa shape index (κ2) is 7.13. The third kappa shape index (κ3) is 4.00. The van der Waals surface area contributed by atoms with E-state index in [4.69, 9.17) is 0 Å². The quantitative estimate of drug-likeness (QED) is 0.745. The maximum absolute atomic E-state index is 13.6. The summed E-state index contributed by atoms with van der Waals surface area (Å²) in [6, 6.07) is 6.99. The van der Waals surface area contributed by atoms with Crippen molar-refractivity contribution in [3.63, 3.8) is 0 Å². The molecule has 1 unspecified atom stereocenters. The van der Waals surface area contributed by atoms with Crippen LogP contribution in [0.2, 0.25) is 0 Å². The molecular weight excluding hydrogens is 406 g/mol. The molecule has 0 aromatic heterocycles. The minimum atomic E-state index is -0.641. The van der Waals surface area contributed by atoms with Crippen molar-refractivity contribution in [1.29, 1.82) is 0 Å². The number of carbonyl (C=O) groups excluding carboxylic acids is 1. The number of hydrogen-bond donors (Lipinski definition) is 1. The molecule has 116 valence electrons. The second-order valence-corrected chi connectivity index (χ2v) is 6.07. The number of nitrogens with one attached hydrogen (secondary N) is 1. The fraction of sp³-hybridized carbons (Fsp3) is 0.188. The van der Waals surface area contributed by atoms with Crippen LogP contribution in [-0.2, 0) is 6.42 Å². The van der Waals surface area contributed by atoms with E-state index in [9.17, 15) is 18.0 Å². The highest BCUT2D eigenvalue weighted by molar-refractivity contribution is 14.1. The average molecular weight is 419 g/mol. The molecule has 0 heterocycles. The van der Waals surface area contributed by atoms with E-state index >= 15 is 0 Å². The fourth-order valence-electron chi connectivity index (χ4n) is 2.06. The maximum Gasteiger partial charge on any atom is 0.252 e. The van der Waals surface area contributed by atoms with E-state index in [-0.39, 0.29) is 12.0 Å². The number of benzene rings is 2. The predicted molar refractivity (Wildman–Crippen MR) is 86.1 cm³/mol. The van der Waals surface area contributed by atoms with Crippen molar-refractivity contribution in [3.05, 3.63) is 68.5 Å². The van der Waals surface area contributed by atoms with Gasteiger partial charge in [-0.1, -0.05) is 6.07 Å². The molecule has 0 radical (unpaired) electrons. The van der Waals surface area contributed by atoms with Gasteiger partial charge in [0.05, 0.1) is 5.56 Å². The molecule has 0 saturated carbocycles. The number of rotatable bonds is 4. The van der Waals surface area contributed by atoms with Crippen LogP contribution < -0.4 is 5.32 Å². The highest BCUT2D eigenvalue weighted by atomic mass is 127. The van der Waals surface area contributed by atoms with Crippen LogP contribution in [0, 0.1) is 21.0 Å². The molecule has 2 rings (SSSR count). The molecule has 2 nitrogen and oxygen atoms in total. The van der Waals surface area contributed by atoms with Gasteiger partial charge >= 0.3 is 0 Å². The van der Waals surface area contributed by atoms with Crippen molar-refractivity contribution in [1.82, 2.24) is 5.32 Å². The Morgan fingerprint density at radius 2 is 1.82 bits per heavy atom. The van der Waals surface area contributed by atoms with E-state index in [1.165, 1.54) is 36.4 Å². The van der Waals surface area contributed by atoms with Gasteiger partial charge in [-0.2, -0.15) is 0 Å². The van der Waals surface area contributed by atoms with Gasteiger partial charge in [-0.05, 0) is 66.3 Å². The zero-order valence-corrected chi connectivity index (χ0v) is 13.8. The minimum Gasteiger partial charge on any atom is -0.349 e. The number of halogens is 4. The SMILES string of the molecule is CC(Cc1c(F)cccc1F)NC(=O)c1ccc(F)cc1I. The van der Waals surface area contributed by atoms with Crippen molar-refractivity contribution >= 4 is 28.5 Å². The van der Waals surface area contributed by atoms with E-state index in [2.05, 4.69) is 5.32 Å². The van der Waals surface area contributed by atoms with Crippen LogP contribution >= 0.6 is 22.6 Å². The Labute approximate surface area is 139 Å². The topological polar surface area (TPSA) is 29.1 Å².